The van der Waals surface area contributed by atoms with Crippen molar-refractivity contribution in [2.45, 2.75) is 38.7 Å². The van der Waals surface area contributed by atoms with E-state index in [1.807, 2.05) is 6.92 Å². The highest BCUT2D eigenvalue weighted by Gasteiger charge is 2.17. The zero-order chi connectivity index (χ0) is 15.1. The largest absolute Gasteiger partial charge is 0.377 e. The topological polar surface area (TPSA) is 52.3 Å². The van der Waals surface area contributed by atoms with Crippen LogP contribution in [-0.2, 0) is 16.0 Å². The maximum atomic E-state index is 13.5. The molecule has 3 nitrogen and oxygen atoms in total. The Balaban J connectivity index is 2.77. The third-order valence-corrected chi connectivity index (χ3v) is 2.82. The van der Waals surface area contributed by atoms with Crippen LogP contribution in [0.15, 0.2) is 12.1 Å². The highest BCUT2D eigenvalue weighted by atomic mass is 19.2. The van der Waals surface area contributed by atoms with Crippen molar-refractivity contribution in [1.29, 1.82) is 0 Å². The molecule has 0 fully saturated rings. The van der Waals surface area contributed by atoms with Crippen molar-refractivity contribution in [3.63, 3.8) is 0 Å². The van der Waals surface area contributed by atoms with Crippen LogP contribution >= 0.6 is 0 Å². The Kier molecular flexibility index (Phi) is 6.51. The third-order valence-electron chi connectivity index (χ3n) is 2.82. The molecule has 0 aliphatic heterocycles. The summed E-state index contributed by atoms with van der Waals surface area (Å²) in [6.45, 7) is 2.38. The summed E-state index contributed by atoms with van der Waals surface area (Å²) in [7, 11) is 0. The smallest absolute Gasteiger partial charge is 0.220 e. The number of rotatable bonds is 8. The van der Waals surface area contributed by atoms with E-state index >= 15 is 0 Å². The van der Waals surface area contributed by atoms with Gasteiger partial charge in [-0.3, -0.25) is 4.79 Å². The van der Waals surface area contributed by atoms with Gasteiger partial charge in [0.15, 0.2) is 11.6 Å². The lowest BCUT2D eigenvalue weighted by Gasteiger charge is -2.17. The molecule has 112 valence electrons. The van der Waals surface area contributed by atoms with E-state index in [2.05, 4.69) is 0 Å². The van der Waals surface area contributed by atoms with Gasteiger partial charge in [0.05, 0.1) is 12.5 Å². The van der Waals surface area contributed by atoms with Gasteiger partial charge >= 0.3 is 0 Å². The molecule has 20 heavy (non-hydrogen) atoms. The number of halogens is 3. The fourth-order valence-corrected chi connectivity index (χ4v) is 1.77. The standard InChI is InChI=1S/C14H18F3NO2/c1-2-3-4-20-10(7-14(18)19)5-9-6-12(16)13(17)8-11(9)15/h6,8,10H,2-5,7H2,1H3,(H2,18,19)/t10-/m1/s1. The Morgan fingerprint density at radius 1 is 1.25 bits per heavy atom. The number of unbranched alkanes of at least 4 members (excludes halogenated alkanes) is 1. The molecule has 1 amide bonds. The number of amides is 1. The second kappa shape index (κ2) is 7.89. The molecule has 1 rings (SSSR count). The van der Waals surface area contributed by atoms with Gasteiger partial charge in [-0.2, -0.15) is 0 Å². The van der Waals surface area contributed by atoms with Gasteiger partial charge in [-0.15, -0.1) is 0 Å². The van der Waals surface area contributed by atoms with Crippen molar-refractivity contribution in [2.24, 2.45) is 5.73 Å². The second-order valence-corrected chi connectivity index (χ2v) is 4.58. The number of benzene rings is 1. The van der Waals surface area contributed by atoms with E-state index < -0.39 is 29.5 Å². The average molecular weight is 289 g/mol. The fourth-order valence-electron chi connectivity index (χ4n) is 1.77. The number of primary amides is 1. The molecule has 6 heteroatoms. The molecular weight excluding hydrogens is 271 g/mol. The average Bonchev–Trinajstić information content (AvgIpc) is 2.35. The first-order chi connectivity index (χ1) is 9.43. The van der Waals surface area contributed by atoms with Gasteiger partial charge in [0.2, 0.25) is 5.91 Å². The van der Waals surface area contributed by atoms with E-state index in [-0.39, 0.29) is 18.4 Å². The lowest BCUT2D eigenvalue weighted by Crippen LogP contribution is -2.25. The fraction of sp³-hybridized carbons (Fsp3) is 0.500. The Hall–Kier alpha value is -1.56. The summed E-state index contributed by atoms with van der Waals surface area (Å²) in [6.07, 6.45) is 0.925. The minimum absolute atomic E-state index is 0.0321. The number of nitrogens with two attached hydrogens (primary N) is 1. The van der Waals surface area contributed by atoms with Gasteiger partial charge in [0, 0.05) is 19.1 Å². The third kappa shape index (κ3) is 5.21. The highest BCUT2D eigenvalue weighted by Crippen LogP contribution is 2.17. The molecule has 1 aromatic carbocycles. The summed E-state index contributed by atoms with van der Waals surface area (Å²) in [5.41, 5.74) is 5.06. The van der Waals surface area contributed by atoms with Crippen molar-refractivity contribution in [2.75, 3.05) is 6.61 Å². The van der Waals surface area contributed by atoms with Crippen molar-refractivity contribution >= 4 is 5.91 Å². The van der Waals surface area contributed by atoms with E-state index in [0.717, 1.165) is 18.9 Å². The first-order valence-electron chi connectivity index (χ1n) is 6.47. The molecule has 0 aliphatic rings. The molecule has 0 spiro atoms. The van der Waals surface area contributed by atoms with Crippen LogP contribution in [0.5, 0.6) is 0 Å². The molecule has 0 heterocycles. The maximum absolute atomic E-state index is 13.5. The molecule has 2 N–H and O–H groups in total. The van der Waals surface area contributed by atoms with E-state index in [9.17, 15) is 18.0 Å². The van der Waals surface area contributed by atoms with Crippen LogP contribution in [0.25, 0.3) is 0 Å². The molecule has 1 aromatic rings. The summed E-state index contributed by atoms with van der Waals surface area (Å²) in [5.74, 6) is -3.83. The zero-order valence-electron chi connectivity index (χ0n) is 11.3. The van der Waals surface area contributed by atoms with E-state index in [4.69, 9.17) is 10.5 Å². The quantitative estimate of drug-likeness (QED) is 0.591. The highest BCUT2D eigenvalue weighted by molar-refractivity contribution is 5.74. The summed E-state index contributed by atoms with van der Waals surface area (Å²) < 4.78 is 44.9. The van der Waals surface area contributed by atoms with Crippen molar-refractivity contribution in [3.05, 3.63) is 35.1 Å². The molecule has 0 radical (unpaired) electrons. The Labute approximate surface area is 115 Å². The Morgan fingerprint density at radius 3 is 2.50 bits per heavy atom. The van der Waals surface area contributed by atoms with Gasteiger partial charge in [0.1, 0.15) is 5.82 Å². The monoisotopic (exact) mass is 289 g/mol. The molecule has 0 bridgehead atoms. The Morgan fingerprint density at radius 2 is 1.90 bits per heavy atom. The van der Waals surface area contributed by atoms with Crippen LogP contribution < -0.4 is 5.73 Å². The second-order valence-electron chi connectivity index (χ2n) is 4.58. The van der Waals surface area contributed by atoms with Gasteiger partial charge in [-0.05, 0) is 18.1 Å². The minimum Gasteiger partial charge on any atom is -0.377 e. The maximum Gasteiger partial charge on any atom is 0.220 e. The van der Waals surface area contributed by atoms with Crippen LogP contribution in [0.2, 0.25) is 0 Å². The lowest BCUT2D eigenvalue weighted by molar-refractivity contribution is -0.120. The predicted octanol–water partition coefficient (Wildman–Crippen LogP) is 2.71. The van der Waals surface area contributed by atoms with Gasteiger partial charge in [-0.25, -0.2) is 13.2 Å². The summed E-state index contributed by atoms with van der Waals surface area (Å²) >= 11 is 0. The minimum atomic E-state index is -1.25. The number of hydrogen-bond acceptors (Lipinski definition) is 2. The van der Waals surface area contributed by atoms with Crippen LogP contribution in [0.4, 0.5) is 13.2 Å². The normalized spacial score (nSPS) is 12.4. The molecule has 0 aliphatic carbocycles. The zero-order valence-corrected chi connectivity index (χ0v) is 11.3. The van der Waals surface area contributed by atoms with Gasteiger partial charge < -0.3 is 10.5 Å². The first kappa shape index (κ1) is 16.5. The predicted molar refractivity (Wildman–Crippen MR) is 68.5 cm³/mol. The molecule has 0 saturated carbocycles. The summed E-state index contributed by atoms with van der Waals surface area (Å²) in [5, 5.41) is 0. The molecule has 0 unspecified atom stereocenters. The van der Waals surface area contributed by atoms with Crippen molar-refractivity contribution in [3.8, 4) is 0 Å². The van der Waals surface area contributed by atoms with E-state index in [1.165, 1.54) is 0 Å². The van der Waals surface area contributed by atoms with E-state index in [1.54, 1.807) is 0 Å². The molecule has 1 atom stereocenters. The number of ether oxygens (including phenoxy) is 1. The Bertz CT molecular complexity index is 466. The van der Waals surface area contributed by atoms with Crippen molar-refractivity contribution < 1.29 is 22.7 Å². The lowest BCUT2D eigenvalue weighted by atomic mass is 10.0. The number of carbonyl (C=O) groups is 1. The molecular formula is C14H18F3NO2. The molecule has 0 aromatic heterocycles. The van der Waals surface area contributed by atoms with Crippen LogP contribution in [0.3, 0.4) is 0 Å². The van der Waals surface area contributed by atoms with Crippen LogP contribution in [0, 0.1) is 17.5 Å². The summed E-state index contributed by atoms with van der Waals surface area (Å²) in [4.78, 5) is 11.0. The van der Waals surface area contributed by atoms with Gasteiger partial charge in [-0.1, -0.05) is 13.3 Å². The molecule has 0 saturated heterocycles. The first-order valence-corrected chi connectivity index (χ1v) is 6.47. The number of carbonyl (C=O) groups excluding carboxylic acids is 1. The van der Waals surface area contributed by atoms with E-state index in [0.29, 0.717) is 12.7 Å². The van der Waals surface area contributed by atoms with Crippen LogP contribution in [-0.4, -0.2) is 18.6 Å². The summed E-state index contributed by atoms with van der Waals surface area (Å²) in [6, 6.07) is 1.26. The SMILES string of the molecule is CCCCO[C@@H](CC(N)=O)Cc1cc(F)c(F)cc1F. The van der Waals surface area contributed by atoms with Crippen LogP contribution in [0.1, 0.15) is 31.7 Å². The number of hydrogen-bond donors (Lipinski definition) is 1. The van der Waals surface area contributed by atoms with Gasteiger partial charge in [0.25, 0.3) is 0 Å². The van der Waals surface area contributed by atoms with Crippen molar-refractivity contribution in [1.82, 2.24) is 0 Å².